The number of aromatic hydroxyl groups is 2. The molecule has 0 unspecified atom stereocenters. The number of hydrogen-bond acceptors (Lipinski definition) is 5. The molecule has 2 heterocycles. The Bertz CT molecular complexity index is 1170. The van der Waals surface area contributed by atoms with E-state index < -0.39 is 0 Å². The zero-order chi connectivity index (χ0) is 30.5. The largest absolute Gasteiger partial charge is 0.493 e. The maximum Gasteiger partial charge on any atom is 0.335 e. The Labute approximate surface area is 246 Å². The van der Waals surface area contributed by atoms with Gasteiger partial charge in [0.05, 0.1) is 12.4 Å². The molecule has 234 valence electrons. The third-order valence-electron chi connectivity index (χ3n) is 8.30. The Hall–Kier alpha value is -2.68. The molecule has 2 aromatic heterocycles. The predicted molar refractivity (Wildman–Crippen MR) is 167 cm³/mol. The molecular weight excluding hydrogens is 520 g/mol. The van der Waals surface area contributed by atoms with Gasteiger partial charge in [0.15, 0.2) is 0 Å². The van der Waals surface area contributed by atoms with Crippen LogP contribution >= 0.6 is 0 Å². The number of aryl methyl sites for hydroxylation is 1. The zero-order valence-corrected chi connectivity index (χ0v) is 26.4. The van der Waals surface area contributed by atoms with E-state index in [1.165, 1.54) is 36.9 Å². The van der Waals surface area contributed by atoms with Gasteiger partial charge in [-0.15, -0.1) is 0 Å². The zero-order valence-electron chi connectivity index (χ0n) is 26.4. The van der Waals surface area contributed by atoms with Crippen molar-refractivity contribution in [2.45, 2.75) is 131 Å². The number of ether oxygens (including phenoxy) is 1. The Morgan fingerprint density at radius 2 is 1.17 bits per heavy atom. The van der Waals surface area contributed by atoms with Crippen molar-refractivity contribution < 1.29 is 14.9 Å². The second-order valence-electron chi connectivity index (χ2n) is 13.0. The van der Waals surface area contributed by atoms with Crippen molar-refractivity contribution in [1.82, 2.24) is 18.3 Å². The molecule has 0 atom stereocenters. The van der Waals surface area contributed by atoms with Gasteiger partial charge in [-0.25, -0.2) is 9.59 Å². The summed E-state index contributed by atoms with van der Waals surface area (Å²) < 4.78 is 11.6. The fourth-order valence-electron chi connectivity index (χ4n) is 5.50. The van der Waals surface area contributed by atoms with Crippen molar-refractivity contribution >= 4 is 6.20 Å². The van der Waals surface area contributed by atoms with Crippen molar-refractivity contribution in [2.75, 3.05) is 13.2 Å². The normalized spacial score (nSPS) is 12.3. The monoisotopic (exact) mass is 576 g/mol. The van der Waals surface area contributed by atoms with E-state index >= 15 is 0 Å². The van der Waals surface area contributed by atoms with Crippen LogP contribution in [0.25, 0.3) is 6.20 Å². The van der Waals surface area contributed by atoms with Crippen molar-refractivity contribution in [3.63, 3.8) is 0 Å². The standard InChI is InChI=1S/C32H56N4O5/c1-7-33-25-27(37)35(29(33)39)21-13-9-17-31(3,4)19-11-15-23-41-24-16-12-20-32(5,6)18-10-14-22-36-28(38)26-34(8-2)30(36)40/h7,25-26,37-38H,1,8-24H2,2-6H3. The first-order valence-electron chi connectivity index (χ1n) is 15.6. The van der Waals surface area contributed by atoms with Gasteiger partial charge >= 0.3 is 11.4 Å². The van der Waals surface area contributed by atoms with E-state index in [1.54, 1.807) is 0 Å². The molecule has 9 heteroatoms. The first-order valence-corrected chi connectivity index (χ1v) is 15.6. The van der Waals surface area contributed by atoms with Crippen LogP contribution in [0.4, 0.5) is 0 Å². The predicted octanol–water partition coefficient (Wildman–Crippen LogP) is 6.60. The summed E-state index contributed by atoms with van der Waals surface area (Å²) in [6.07, 6.45) is 17.1. The van der Waals surface area contributed by atoms with Gasteiger partial charge in [-0.3, -0.25) is 18.3 Å². The van der Waals surface area contributed by atoms with E-state index in [0.29, 0.717) is 19.6 Å². The van der Waals surface area contributed by atoms with Crippen molar-refractivity contribution in [3.8, 4) is 11.8 Å². The van der Waals surface area contributed by atoms with Crippen molar-refractivity contribution in [3.05, 3.63) is 39.9 Å². The quantitative estimate of drug-likeness (QED) is 0.154. The highest BCUT2D eigenvalue weighted by molar-refractivity contribution is 5.21. The van der Waals surface area contributed by atoms with E-state index in [-0.39, 0.29) is 34.0 Å². The van der Waals surface area contributed by atoms with Gasteiger partial charge in [0, 0.05) is 39.0 Å². The molecule has 0 saturated carbocycles. The average Bonchev–Trinajstić information content (AvgIpc) is 3.35. The van der Waals surface area contributed by atoms with Crippen LogP contribution in [0.1, 0.15) is 112 Å². The summed E-state index contributed by atoms with van der Waals surface area (Å²) in [5, 5.41) is 19.9. The van der Waals surface area contributed by atoms with Crippen molar-refractivity contribution in [2.24, 2.45) is 10.8 Å². The molecular formula is C32H56N4O5. The van der Waals surface area contributed by atoms with Gasteiger partial charge in [0.1, 0.15) is 0 Å². The SMILES string of the molecule is C=Cn1cc(O)n(CCCCC(C)(C)CCCCOCCCCC(C)(C)CCCCn2c(O)cn(CC)c2=O)c1=O. The minimum absolute atomic E-state index is 0.00905. The topological polar surface area (TPSA) is 104 Å². The first-order chi connectivity index (χ1) is 19.4. The number of rotatable bonds is 22. The van der Waals surface area contributed by atoms with E-state index in [1.807, 2.05) is 6.92 Å². The third-order valence-corrected chi connectivity index (χ3v) is 8.30. The Balaban J connectivity index is 1.48. The van der Waals surface area contributed by atoms with Crippen LogP contribution in [0.3, 0.4) is 0 Å². The summed E-state index contributed by atoms with van der Waals surface area (Å²) in [6, 6.07) is 0. The summed E-state index contributed by atoms with van der Waals surface area (Å²) in [5.41, 5.74) is 0.148. The average molecular weight is 577 g/mol. The molecule has 0 spiro atoms. The molecule has 0 aromatic carbocycles. The summed E-state index contributed by atoms with van der Waals surface area (Å²) in [4.78, 5) is 24.3. The van der Waals surface area contributed by atoms with E-state index in [2.05, 4.69) is 34.3 Å². The lowest BCUT2D eigenvalue weighted by molar-refractivity contribution is 0.119. The lowest BCUT2D eigenvalue weighted by Crippen LogP contribution is -2.23. The highest BCUT2D eigenvalue weighted by Crippen LogP contribution is 2.31. The second kappa shape index (κ2) is 16.7. The fourth-order valence-corrected chi connectivity index (χ4v) is 5.50. The molecule has 2 N–H and O–H groups in total. The fraction of sp³-hybridized carbons (Fsp3) is 0.750. The van der Waals surface area contributed by atoms with Gasteiger partial charge in [0.25, 0.3) is 0 Å². The second-order valence-corrected chi connectivity index (χ2v) is 13.0. The molecule has 0 aliphatic rings. The number of unbranched alkanes of at least 4 members (excludes halogenated alkanes) is 4. The summed E-state index contributed by atoms with van der Waals surface area (Å²) in [5.74, 6) is 0.0509. The maximum absolute atomic E-state index is 12.2. The van der Waals surface area contributed by atoms with Gasteiger partial charge in [0.2, 0.25) is 11.8 Å². The van der Waals surface area contributed by atoms with Crippen molar-refractivity contribution in [1.29, 1.82) is 0 Å². The van der Waals surface area contributed by atoms with E-state index in [9.17, 15) is 19.8 Å². The lowest BCUT2D eigenvalue weighted by atomic mass is 9.82. The molecule has 0 aliphatic carbocycles. The highest BCUT2D eigenvalue weighted by atomic mass is 16.5. The minimum atomic E-state index is -0.243. The molecule has 0 aliphatic heterocycles. The van der Waals surface area contributed by atoms with E-state index in [0.717, 1.165) is 90.3 Å². The maximum atomic E-state index is 12.2. The molecule has 0 bridgehead atoms. The van der Waals surface area contributed by atoms with Gasteiger partial charge < -0.3 is 14.9 Å². The molecule has 0 amide bonds. The first kappa shape index (κ1) is 34.5. The van der Waals surface area contributed by atoms with Crippen LogP contribution in [-0.4, -0.2) is 41.7 Å². The number of imidazole rings is 2. The molecule has 0 fully saturated rings. The van der Waals surface area contributed by atoms with Gasteiger partial charge in [-0.1, -0.05) is 60.0 Å². The van der Waals surface area contributed by atoms with Crippen LogP contribution in [0, 0.1) is 10.8 Å². The number of hydrogen-bond donors (Lipinski definition) is 2. The van der Waals surface area contributed by atoms with E-state index in [4.69, 9.17) is 4.74 Å². The van der Waals surface area contributed by atoms with Gasteiger partial charge in [-0.2, -0.15) is 0 Å². The van der Waals surface area contributed by atoms with Gasteiger partial charge in [-0.05, 0) is 69.1 Å². The molecule has 0 saturated heterocycles. The summed E-state index contributed by atoms with van der Waals surface area (Å²) >= 11 is 0. The molecule has 2 aromatic rings. The summed E-state index contributed by atoms with van der Waals surface area (Å²) in [7, 11) is 0. The van der Waals surface area contributed by atoms with Crippen LogP contribution in [0.2, 0.25) is 0 Å². The Kier molecular flexibility index (Phi) is 14.0. The highest BCUT2D eigenvalue weighted by Gasteiger charge is 2.18. The lowest BCUT2D eigenvalue weighted by Gasteiger charge is -2.25. The van der Waals surface area contributed by atoms with Crippen LogP contribution < -0.4 is 11.4 Å². The summed E-state index contributed by atoms with van der Waals surface area (Å²) in [6.45, 7) is 18.0. The molecule has 41 heavy (non-hydrogen) atoms. The Morgan fingerprint density at radius 1 is 0.732 bits per heavy atom. The molecule has 2 rings (SSSR count). The molecule has 0 radical (unpaired) electrons. The number of nitrogens with zero attached hydrogens (tertiary/aromatic N) is 4. The van der Waals surface area contributed by atoms with Crippen LogP contribution in [-0.2, 0) is 24.4 Å². The number of aromatic nitrogens is 4. The Morgan fingerprint density at radius 3 is 1.59 bits per heavy atom. The minimum Gasteiger partial charge on any atom is -0.493 e. The van der Waals surface area contributed by atoms with Crippen LogP contribution in [0.15, 0.2) is 28.6 Å². The molecule has 9 nitrogen and oxygen atoms in total. The third kappa shape index (κ3) is 11.6. The van der Waals surface area contributed by atoms with Crippen LogP contribution in [0.5, 0.6) is 11.8 Å². The smallest absolute Gasteiger partial charge is 0.335 e.